The first kappa shape index (κ1) is 12.5. The highest BCUT2D eigenvalue weighted by molar-refractivity contribution is 6.34. The molecule has 0 atom stereocenters. The first-order chi connectivity index (χ1) is 7.54. The van der Waals surface area contributed by atoms with E-state index in [1.807, 2.05) is 0 Å². The summed E-state index contributed by atoms with van der Waals surface area (Å²) in [6.45, 7) is 0.204. The molecule has 1 aromatic carbocycles. The zero-order chi connectivity index (χ0) is 12.1. The third-order valence-corrected chi connectivity index (χ3v) is 2.17. The lowest BCUT2D eigenvalue weighted by Crippen LogP contribution is -2.25. The van der Waals surface area contributed by atoms with Crippen LogP contribution in [0.4, 0.5) is 5.69 Å². The molecule has 0 aromatic heterocycles. The summed E-state index contributed by atoms with van der Waals surface area (Å²) in [5.41, 5.74) is 5.85. The Bertz CT molecular complexity index is 421. The maximum absolute atomic E-state index is 11.2. The van der Waals surface area contributed by atoms with Crippen molar-refractivity contribution in [1.29, 1.82) is 0 Å². The highest BCUT2D eigenvalue weighted by Crippen LogP contribution is 2.20. The molecule has 6 heteroatoms. The van der Waals surface area contributed by atoms with Crippen LogP contribution in [-0.4, -0.2) is 25.4 Å². The van der Waals surface area contributed by atoms with Gasteiger partial charge in [-0.2, -0.15) is 0 Å². The molecular weight excluding hydrogens is 230 g/mol. The van der Waals surface area contributed by atoms with Crippen molar-refractivity contribution in [3.8, 4) is 0 Å². The summed E-state index contributed by atoms with van der Waals surface area (Å²) in [4.78, 5) is 22.1. The predicted molar refractivity (Wildman–Crippen MR) is 62.5 cm³/mol. The lowest BCUT2D eigenvalue weighted by atomic mass is 10.2. The number of anilines is 1. The minimum Gasteiger partial charge on any atom is -0.366 e. The van der Waals surface area contributed by atoms with Gasteiger partial charge in [0.25, 0.3) is 0 Å². The Hall–Kier alpha value is -1.59. The molecule has 0 saturated heterocycles. The third-order valence-electron chi connectivity index (χ3n) is 1.86. The number of nitrogens with one attached hydrogen (secondary N) is 2. The zero-order valence-electron chi connectivity index (χ0n) is 8.71. The highest BCUT2D eigenvalue weighted by Gasteiger charge is 2.08. The molecule has 5 nitrogen and oxygen atoms in total. The van der Waals surface area contributed by atoms with Gasteiger partial charge in [-0.3, -0.25) is 9.59 Å². The molecular formula is C10H12ClN3O2. The van der Waals surface area contributed by atoms with E-state index in [2.05, 4.69) is 10.6 Å². The Labute approximate surface area is 98.0 Å². The average molecular weight is 242 g/mol. The number of halogens is 1. The van der Waals surface area contributed by atoms with Crippen LogP contribution in [0.3, 0.4) is 0 Å². The van der Waals surface area contributed by atoms with Crippen molar-refractivity contribution in [2.24, 2.45) is 5.73 Å². The fraction of sp³-hybridized carbons (Fsp3) is 0.200. The van der Waals surface area contributed by atoms with Gasteiger partial charge in [-0.15, -0.1) is 0 Å². The first-order valence-corrected chi connectivity index (χ1v) is 4.96. The van der Waals surface area contributed by atoms with Crippen LogP contribution in [0.15, 0.2) is 18.2 Å². The molecule has 1 rings (SSSR count). The van der Waals surface area contributed by atoms with Gasteiger partial charge >= 0.3 is 0 Å². The first-order valence-electron chi connectivity index (χ1n) is 4.58. The van der Waals surface area contributed by atoms with E-state index in [4.69, 9.17) is 17.3 Å². The van der Waals surface area contributed by atoms with Gasteiger partial charge in [0, 0.05) is 5.69 Å². The van der Waals surface area contributed by atoms with Crippen molar-refractivity contribution < 1.29 is 9.59 Å². The van der Waals surface area contributed by atoms with Crippen molar-refractivity contribution in [3.05, 3.63) is 28.8 Å². The summed E-state index contributed by atoms with van der Waals surface area (Å²) in [6.07, 6.45) is 0. The van der Waals surface area contributed by atoms with Gasteiger partial charge in [0.05, 0.1) is 17.1 Å². The topological polar surface area (TPSA) is 84.2 Å². The van der Waals surface area contributed by atoms with Crippen LogP contribution in [-0.2, 0) is 4.79 Å². The van der Waals surface area contributed by atoms with Gasteiger partial charge in [-0.05, 0) is 25.2 Å². The molecule has 0 unspecified atom stereocenters. The molecule has 0 aliphatic carbocycles. The number of amides is 2. The maximum atomic E-state index is 11.2. The molecule has 4 N–H and O–H groups in total. The zero-order valence-corrected chi connectivity index (χ0v) is 9.47. The molecule has 0 spiro atoms. The molecule has 0 heterocycles. The van der Waals surface area contributed by atoms with Crippen LogP contribution in [0.25, 0.3) is 0 Å². The van der Waals surface area contributed by atoms with E-state index in [0.717, 1.165) is 0 Å². The van der Waals surface area contributed by atoms with Crippen molar-refractivity contribution in [3.63, 3.8) is 0 Å². The summed E-state index contributed by atoms with van der Waals surface area (Å²) in [5.74, 6) is -0.788. The third kappa shape index (κ3) is 3.22. The molecule has 2 amide bonds. The van der Waals surface area contributed by atoms with Gasteiger partial charge in [0.2, 0.25) is 11.8 Å². The molecule has 0 aliphatic heterocycles. The Morgan fingerprint density at radius 3 is 2.62 bits per heavy atom. The Balaban J connectivity index is 2.81. The Kier molecular flexibility index (Phi) is 4.28. The van der Waals surface area contributed by atoms with Gasteiger partial charge in [-0.25, -0.2) is 0 Å². The number of carbonyl (C=O) groups excluding carboxylic acids is 2. The fourth-order valence-electron chi connectivity index (χ4n) is 1.16. The molecule has 0 fully saturated rings. The van der Waals surface area contributed by atoms with Crippen LogP contribution in [0.5, 0.6) is 0 Å². The number of carbonyl (C=O) groups is 2. The monoisotopic (exact) mass is 241 g/mol. The summed E-state index contributed by atoms with van der Waals surface area (Å²) in [7, 11) is 1.67. The second-order valence-electron chi connectivity index (χ2n) is 3.14. The number of hydrogen-bond donors (Lipinski definition) is 3. The van der Waals surface area contributed by atoms with Crippen molar-refractivity contribution >= 4 is 29.1 Å². The van der Waals surface area contributed by atoms with Crippen molar-refractivity contribution in [1.82, 2.24) is 5.32 Å². The highest BCUT2D eigenvalue weighted by atomic mass is 35.5. The van der Waals surface area contributed by atoms with Crippen LogP contribution in [0, 0.1) is 0 Å². The van der Waals surface area contributed by atoms with Crippen molar-refractivity contribution in [2.75, 3.05) is 18.9 Å². The summed E-state index contributed by atoms with van der Waals surface area (Å²) in [5, 5.41) is 5.54. The van der Waals surface area contributed by atoms with E-state index >= 15 is 0 Å². The van der Waals surface area contributed by atoms with Gasteiger partial charge in [0.1, 0.15) is 0 Å². The molecule has 16 heavy (non-hydrogen) atoms. The minimum atomic E-state index is -0.599. The van der Waals surface area contributed by atoms with Crippen LogP contribution < -0.4 is 16.4 Å². The lowest BCUT2D eigenvalue weighted by molar-refractivity contribution is -0.115. The second kappa shape index (κ2) is 5.48. The minimum absolute atomic E-state index is 0.189. The van der Waals surface area contributed by atoms with Crippen LogP contribution >= 0.6 is 11.6 Å². The summed E-state index contributed by atoms with van der Waals surface area (Å²) in [6, 6.07) is 4.52. The molecule has 86 valence electrons. The van der Waals surface area contributed by atoms with E-state index < -0.39 is 5.91 Å². The van der Waals surface area contributed by atoms with Crippen LogP contribution in [0.1, 0.15) is 10.4 Å². The van der Waals surface area contributed by atoms with E-state index in [1.54, 1.807) is 13.1 Å². The maximum Gasteiger partial charge on any atom is 0.250 e. The van der Waals surface area contributed by atoms with Crippen molar-refractivity contribution in [2.45, 2.75) is 0 Å². The number of nitrogens with two attached hydrogens (primary N) is 1. The normalized spacial score (nSPS) is 9.88. The number of primary amides is 1. The quantitative estimate of drug-likeness (QED) is 0.722. The van der Waals surface area contributed by atoms with E-state index in [1.165, 1.54) is 12.1 Å². The molecule has 1 aromatic rings. The van der Waals surface area contributed by atoms with Crippen LogP contribution in [0.2, 0.25) is 5.02 Å². The Morgan fingerprint density at radius 1 is 1.44 bits per heavy atom. The molecule has 0 radical (unpaired) electrons. The van der Waals surface area contributed by atoms with E-state index in [-0.39, 0.29) is 23.0 Å². The van der Waals surface area contributed by atoms with E-state index in [9.17, 15) is 9.59 Å². The largest absolute Gasteiger partial charge is 0.366 e. The number of hydrogen-bond acceptors (Lipinski definition) is 3. The Morgan fingerprint density at radius 2 is 2.12 bits per heavy atom. The second-order valence-corrected chi connectivity index (χ2v) is 3.54. The average Bonchev–Trinajstić information content (AvgIpc) is 2.17. The smallest absolute Gasteiger partial charge is 0.250 e. The van der Waals surface area contributed by atoms with Gasteiger partial charge < -0.3 is 16.4 Å². The standard InChI is InChI=1S/C10H12ClN3O2/c1-13-5-9(15)14-6-2-3-7(10(12)16)8(11)4-6/h2-4,13H,5H2,1H3,(H2,12,16)(H,14,15). The lowest BCUT2D eigenvalue weighted by Gasteiger charge is -2.06. The van der Waals surface area contributed by atoms with Gasteiger partial charge in [-0.1, -0.05) is 11.6 Å². The predicted octanol–water partition coefficient (Wildman–Crippen LogP) is 0.597. The number of rotatable bonds is 4. The summed E-state index contributed by atoms with van der Waals surface area (Å²) >= 11 is 5.82. The fourth-order valence-corrected chi connectivity index (χ4v) is 1.43. The number of likely N-dealkylation sites (N-methyl/N-ethyl adjacent to an activating group) is 1. The summed E-state index contributed by atoms with van der Waals surface area (Å²) < 4.78 is 0. The number of benzene rings is 1. The van der Waals surface area contributed by atoms with Gasteiger partial charge in [0.15, 0.2) is 0 Å². The van der Waals surface area contributed by atoms with E-state index in [0.29, 0.717) is 5.69 Å². The molecule has 0 bridgehead atoms. The molecule has 0 aliphatic rings. The SMILES string of the molecule is CNCC(=O)Nc1ccc(C(N)=O)c(Cl)c1. The molecule has 0 saturated carbocycles.